The largest absolute Gasteiger partial charge is 0.383 e. The molecule has 0 bridgehead atoms. The summed E-state index contributed by atoms with van der Waals surface area (Å²) in [5.41, 5.74) is -0.324. The van der Waals surface area contributed by atoms with Crippen LogP contribution < -0.4 is 10.6 Å². The van der Waals surface area contributed by atoms with Crippen LogP contribution in [-0.2, 0) is 15.2 Å². The number of rotatable bonds is 6. The molecule has 0 radical (unpaired) electrons. The van der Waals surface area contributed by atoms with E-state index in [9.17, 15) is 14.7 Å². The first-order valence-electron chi connectivity index (χ1n) is 7.77. The van der Waals surface area contributed by atoms with E-state index in [0.717, 1.165) is 18.4 Å². The molecule has 22 heavy (non-hydrogen) atoms. The van der Waals surface area contributed by atoms with Crippen LogP contribution in [0.15, 0.2) is 30.3 Å². The molecule has 1 saturated carbocycles. The highest BCUT2D eigenvalue weighted by molar-refractivity contribution is 6.35. The maximum Gasteiger partial charge on any atom is 0.309 e. The van der Waals surface area contributed by atoms with E-state index in [-0.39, 0.29) is 18.4 Å². The molecule has 3 N–H and O–H groups in total. The van der Waals surface area contributed by atoms with Gasteiger partial charge in [-0.3, -0.25) is 9.59 Å². The van der Waals surface area contributed by atoms with Gasteiger partial charge in [-0.05, 0) is 30.2 Å². The molecule has 0 saturated heterocycles. The van der Waals surface area contributed by atoms with E-state index in [1.165, 1.54) is 0 Å². The Labute approximate surface area is 131 Å². The zero-order valence-electron chi connectivity index (χ0n) is 13.1. The Morgan fingerprint density at radius 1 is 1.18 bits per heavy atom. The molecule has 1 atom stereocenters. The van der Waals surface area contributed by atoms with Crippen molar-refractivity contribution in [2.75, 3.05) is 13.1 Å². The van der Waals surface area contributed by atoms with E-state index in [4.69, 9.17) is 0 Å². The summed E-state index contributed by atoms with van der Waals surface area (Å²) in [6, 6.07) is 9.31. The average molecular weight is 304 g/mol. The van der Waals surface area contributed by atoms with Crippen molar-refractivity contribution in [3.05, 3.63) is 35.9 Å². The van der Waals surface area contributed by atoms with E-state index in [1.54, 1.807) is 0 Å². The summed E-state index contributed by atoms with van der Waals surface area (Å²) in [6.45, 7) is 4.42. The van der Waals surface area contributed by atoms with Crippen LogP contribution in [0.1, 0.15) is 32.3 Å². The smallest absolute Gasteiger partial charge is 0.309 e. The van der Waals surface area contributed by atoms with Crippen molar-refractivity contribution in [1.29, 1.82) is 0 Å². The Bertz CT molecular complexity index is 526. The molecule has 0 aliphatic heterocycles. The Balaban J connectivity index is 1.95. The highest BCUT2D eigenvalue weighted by Gasteiger charge is 2.45. The van der Waals surface area contributed by atoms with Crippen molar-refractivity contribution >= 4 is 11.8 Å². The number of carbonyl (C=O) groups excluding carboxylic acids is 2. The summed E-state index contributed by atoms with van der Waals surface area (Å²) in [7, 11) is 0. The molecule has 1 aliphatic carbocycles. The fourth-order valence-electron chi connectivity index (χ4n) is 2.44. The summed E-state index contributed by atoms with van der Waals surface area (Å²) < 4.78 is 0. The van der Waals surface area contributed by atoms with Gasteiger partial charge in [0.1, 0.15) is 5.60 Å². The predicted molar refractivity (Wildman–Crippen MR) is 83.9 cm³/mol. The molecule has 0 heterocycles. The third-order valence-electron chi connectivity index (χ3n) is 3.92. The lowest BCUT2D eigenvalue weighted by Gasteiger charge is -2.29. The van der Waals surface area contributed by atoms with E-state index in [0.29, 0.717) is 6.54 Å². The van der Waals surface area contributed by atoms with Crippen molar-refractivity contribution in [2.24, 2.45) is 11.8 Å². The molecule has 1 aromatic rings. The molecule has 5 heteroatoms. The first-order valence-corrected chi connectivity index (χ1v) is 7.77. The monoisotopic (exact) mass is 304 g/mol. The number of hydrogen-bond donors (Lipinski definition) is 3. The molecule has 1 unspecified atom stereocenters. The van der Waals surface area contributed by atoms with Gasteiger partial charge in [0.15, 0.2) is 0 Å². The first kappa shape index (κ1) is 16.5. The third kappa shape index (κ3) is 4.07. The summed E-state index contributed by atoms with van der Waals surface area (Å²) in [6.07, 6.45) is 1.86. The van der Waals surface area contributed by atoms with Crippen LogP contribution in [0.3, 0.4) is 0 Å². The number of nitrogens with one attached hydrogen (secondary N) is 2. The van der Waals surface area contributed by atoms with Crippen molar-refractivity contribution in [2.45, 2.75) is 32.3 Å². The minimum absolute atomic E-state index is 0.0512. The summed E-state index contributed by atoms with van der Waals surface area (Å²) in [5.74, 6) is -0.936. The normalized spacial score (nSPS) is 16.9. The second-order valence-corrected chi connectivity index (χ2v) is 6.35. The van der Waals surface area contributed by atoms with Crippen LogP contribution in [-0.4, -0.2) is 30.0 Å². The lowest BCUT2D eigenvalue weighted by molar-refractivity contribution is -0.140. The Morgan fingerprint density at radius 3 is 2.32 bits per heavy atom. The van der Waals surface area contributed by atoms with Gasteiger partial charge in [-0.15, -0.1) is 0 Å². The van der Waals surface area contributed by atoms with Gasteiger partial charge in [-0.25, -0.2) is 0 Å². The predicted octanol–water partition coefficient (Wildman–Crippen LogP) is 1.17. The zero-order valence-corrected chi connectivity index (χ0v) is 13.1. The second-order valence-electron chi connectivity index (χ2n) is 6.35. The van der Waals surface area contributed by atoms with E-state index < -0.39 is 17.4 Å². The highest BCUT2D eigenvalue weighted by atomic mass is 16.3. The molecular weight excluding hydrogens is 280 g/mol. The minimum Gasteiger partial charge on any atom is -0.383 e. The fourth-order valence-corrected chi connectivity index (χ4v) is 2.44. The highest BCUT2D eigenvalue weighted by Crippen LogP contribution is 2.45. The van der Waals surface area contributed by atoms with E-state index >= 15 is 0 Å². The van der Waals surface area contributed by atoms with E-state index in [1.807, 2.05) is 44.2 Å². The number of carbonyl (C=O) groups is 2. The average Bonchev–Trinajstić information content (AvgIpc) is 3.36. The van der Waals surface area contributed by atoms with Gasteiger partial charge < -0.3 is 15.7 Å². The lowest BCUT2D eigenvalue weighted by Crippen LogP contribution is -2.47. The van der Waals surface area contributed by atoms with Crippen molar-refractivity contribution in [3.63, 3.8) is 0 Å². The van der Waals surface area contributed by atoms with Crippen LogP contribution in [0.4, 0.5) is 0 Å². The molecule has 0 spiro atoms. The molecule has 120 valence electrons. The Kier molecular flexibility index (Phi) is 5.19. The van der Waals surface area contributed by atoms with Crippen LogP contribution in [0.5, 0.6) is 0 Å². The molecule has 2 rings (SSSR count). The van der Waals surface area contributed by atoms with E-state index in [2.05, 4.69) is 10.6 Å². The Morgan fingerprint density at radius 2 is 1.77 bits per heavy atom. The third-order valence-corrected chi connectivity index (χ3v) is 3.92. The second kappa shape index (κ2) is 6.92. The van der Waals surface area contributed by atoms with Gasteiger partial charge in [-0.1, -0.05) is 44.2 Å². The quantitative estimate of drug-likeness (QED) is 0.690. The van der Waals surface area contributed by atoms with Crippen molar-refractivity contribution < 1.29 is 14.7 Å². The number of hydrogen-bond acceptors (Lipinski definition) is 3. The molecular formula is C17H24N2O3. The van der Waals surface area contributed by atoms with Crippen molar-refractivity contribution in [3.8, 4) is 0 Å². The minimum atomic E-state index is -1.10. The summed E-state index contributed by atoms with van der Waals surface area (Å²) in [5, 5.41) is 16.1. The van der Waals surface area contributed by atoms with Crippen LogP contribution in [0.2, 0.25) is 0 Å². The SMILES string of the molecule is CC(C)CNC(=O)C(=O)NCC(O)(c1ccccc1)C1CC1. The van der Waals surface area contributed by atoms with Crippen molar-refractivity contribution in [1.82, 2.24) is 10.6 Å². The standard InChI is InChI=1S/C17H24N2O3/c1-12(2)10-18-15(20)16(21)19-11-17(22,14-8-9-14)13-6-4-3-5-7-13/h3-7,12,14,22H,8-11H2,1-2H3,(H,18,20)(H,19,21). The molecule has 5 nitrogen and oxygen atoms in total. The van der Waals surface area contributed by atoms with Gasteiger partial charge in [-0.2, -0.15) is 0 Å². The molecule has 1 fully saturated rings. The fraction of sp³-hybridized carbons (Fsp3) is 0.529. The van der Waals surface area contributed by atoms with Crippen LogP contribution in [0.25, 0.3) is 0 Å². The maximum absolute atomic E-state index is 11.8. The number of aliphatic hydroxyl groups is 1. The summed E-state index contributed by atoms with van der Waals surface area (Å²) in [4.78, 5) is 23.5. The van der Waals surface area contributed by atoms with Crippen LogP contribution >= 0.6 is 0 Å². The van der Waals surface area contributed by atoms with Gasteiger partial charge >= 0.3 is 11.8 Å². The molecule has 0 aromatic heterocycles. The number of amides is 2. The first-order chi connectivity index (χ1) is 10.4. The maximum atomic E-state index is 11.8. The number of benzene rings is 1. The molecule has 2 amide bonds. The topological polar surface area (TPSA) is 78.4 Å². The Hall–Kier alpha value is -1.88. The van der Waals surface area contributed by atoms with Crippen LogP contribution in [0, 0.1) is 11.8 Å². The van der Waals surface area contributed by atoms with Gasteiger partial charge in [0.2, 0.25) is 0 Å². The lowest BCUT2D eigenvalue weighted by atomic mass is 9.88. The van der Waals surface area contributed by atoms with Gasteiger partial charge in [0.05, 0.1) is 6.54 Å². The zero-order chi connectivity index (χ0) is 16.2. The van der Waals surface area contributed by atoms with Gasteiger partial charge in [0, 0.05) is 6.54 Å². The molecule has 1 aliphatic rings. The summed E-state index contributed by atoms with van der Waals surface area (Å²) >= 11 is 0. The molecule has 1 aromatic carbocycles. The van der Waals surface area contributed by atoms with Gasteiger partial charge in [0.25, 0.3) is 0 Å².